The Morgan fingerprint density at radius 1 is 1.12 bits per heavy atom. The molecule has 0 bridgehead atoms. The number of hydrogen-bond donors (Lipinski definition) is 2. The third-order valence-electron chi connectivity index (χ3n) is 6.11. The Balaban J connectivity index is 1.47. The number of amides is 1. The molecule has 4 atom stereocenters. The zero-order valence-corrected chi connectivity index (χ0v) is 15.5. The fourth-order valence-electron chi connectivity index (χ4n) is 4.60. The molecule has 0 aliphatic carbocycles. The molecule has 4 unspecified atom stereocenters. The number of carbonyl (C=O) groups is 1. The van der Waals surface area contributed by atoms with Crippen LogP contribution in [0.2, 0.25) is 5.02 Å². The number of piperidine rings is 2. The predicted octanol–water partition coefficient (Wildman–Crippen LogP) is 2.19. The molecule has 4 rings (SSSR count). The van der Waals surface area contributed by atoms with Crippen molar-refractivity contribution in [3.05, 3.63) is 34.9 Å². The number of halogens is 1. The molecule has 3 aliphatic heterocycles. The highest BCUT2D eigenvalue weighted by Crippen LogP contribution is 2.34. The molecule has 136 valence electrons. The first-order valence-electron chi connectivity index (χ1n) is 9.39. The van der Waals surface area contributed by atoms with Gasteiger partial charge in [0.05, 0.1) is 12.1 Å². The van der Waals surface area contributed by atoms with Gasteiger partial charge in [0.2, 0.25) is 5.91 Å². The Bertz CT molecular complexity index is 622. The van der Waals surface area contributed by atoms with E-state index in [0.29, 0.717) is 17.9 Å². The van der Waals surface area contributed by atoms with Gasteiger partial charge in [-0.1, -0.05) is 30.2 Å². The molecule has 0 radical (unpaired) electrons. The Kier molecular flexibility index (Phi) is 5.00. The summed E-state index contributed by atoms with van der Waals surface area (Å²) in [5.74, 6) is 0.718. The van der Waals surface area contributed by atoms with Gasteiger partial charge in [0.1, 0.15) is 0 Å². The van der Waals surface area contributed by atoms with Crippen molar-refractivity contribution in [2.75, 3.05) is 26.7 Å². The number of rotatable bonds is 2. The molecular weight excluding hydrogens is 336 g/mol. The van der Waals surface area contributed by atoms with Gasteiger partial charge < -0.3 is 4.90 Å². The van der Waals surface area contributed by atoms with Crippen molar-refractivity contribution < 1.29 is 4.79 Å². The van der Waals surface area contributed by atoms with Gasteiger partial charge in [0.15, 0.2) is 0 Å². The fraction of sp³-hybridized carbons (Fsp3) is 0.632. The lowest BCUT2D eigenvalue weighted by Gasteiger charge is -2.40. The molecule has 1 aromatic carbocycles. The van der Waals surface area contributed by atoms with Crippen molar-refractivity contribution in [1.29, 1.82) is 0 Å². The maximum Gasteiger partial charge on any atom is 0.239 e. The van der Waals surface area contributed by atoms with Crippen molar-refractivity contribution >= 4 is 17.5 Å². The number of likely N-dealkylation sites (N-methyl/N-ethyl adjacent to an activating group) is 1. The number of nitrogens with one attached hydrogen (secondary N) is 2. The van der Waals surface area contributed by atoms with E-state index in [9.17, 15) is 4.79 Å². The highest BCUT2D eigenvalue weighted by molar-refractivity contribution is 6.30. The minimum Gasteiger partial charge on any atom is -0.341 e. The second-order valence-electron chi connectivity index (χ2n) is 7.65. The van der Waals surface area contributed by atoms with E-state index in [1.165, 1.54) is 12.0 Å². The summed E-state index contributed by atoms with van der Waals surface area (Å²) < 4.78 is 0. The van der Waals surface area contributed by atoms with E-state index in [-0.39, 0.29) is 12.1 Å². The average Bonchev–Trinajstić information content (AvgIpc) is 3.05. The number of hydrazine groups is 1. The lowest BCUT2D eigenvalue weighted by Crippen LogP contribution is -2.54. The number of benzene rings is 1. The van der Waals surface area contributed by atoms with E-state index in [1.54, 1.807) is 0 Å². The standard InChI is InChI=1S/C19H27ClN4O/c1-23-10-3-2-4-17(23)19(25)24-11-9-16-15(12-24)18(22-21-16)13-5-7-14(20)8-6-13/h5-8,15-18,21-22H,2-4,9-12H2,1H3. The summed E-state index contributed by atoms with van der Waals surface area (Å²) in [4.78, 5) is 17.4. The highest BCUT2D eigenvalue weighted by atomic mass is 35.5. The van der Waals surface area contributed by atoms with E-state index in [4.69, 9.17) is 11.6 Å². The minimum absolute atomic E-state index is 0.0709. The molecule has 0 aromatic heterocycles. The first-order chi connectivity index (χ1) is 12.1. The summed E-state index contributed by atoms with van der Waals surface area (Å²) in [5, 5.41) is 0.757. The van der Waals surface area contributed by atoms with Crippen LogP contribution in [0, 0.1) is 5.92 Å². The topological polar surface area (TPSA) is 47.6 Å². The van der Waals surface area contributed by atoms with E-state index in [0.717, 1.165) is 43.9 Å². The maximum absolute atomic E-state index is 13.1. The second kappa shape index (κ2) is 7.23. The number of likely N-dealkylation sites (tertiary alicyclic amines) is 2. The van der Waals surface area contributed by atoms with Crippen molar-refractivity contribution in [2.24, 2.45) is 5.92 Å². The van der Waals surface area contributed by atoms with Crippen LogP contribution in [0.25, 0.3) is 0 Å². The van der Waals surface area contributed by atoms with Gasteiger partial charge in [-0.15, -0.1) is 0 Å². The third kappa shape index (κ3) is 3.43. The summed E-state index contributed by atoms with van der Waals surface area (Å²) in [6.45, 7) is 2.71. The van der Waals surface area contributed by atoms with Crippen LogP contribution in [0.15, 0.2) is 24.3 Å². The molecule has 3 heterocycles. The average molecular weight is 363 g/mol. The summed E-state index contributed by atoms with van der Waals surface area (Å²) in [6.07, 6.45) is 4.37. The maximum atomic E-state index is 13.1. The molecular formula is C19H27ClN4O. The number of nitrogens with zero attached hydrogens (tertiary/aromatic N) is 2. The Hall–Kier alpha value is -1.14. The van der Waals surface area contributed by atoms with Crippen molar-refractivity contribution in [3.8, 4) is 0 Å². The SMILES string of the molecule is CN1CCCCC1C(=O)N1CCC2NNC(c3ccc(Cl)cc3)C2C1. The zero-order chi connectivity index (χ0) is 17.4. The van der Waals surface area contributed by atoms with Gasteiger partial charge in [0, 0.05) is 30.1 Å². The van der Waals surface area contributed by atoms with Gasteiger partial charge in [-0.3, -0.25) is 15.1 Å². The van der Waals surface area contributed by atoms with Gasteiger partial charge in [-0.05, 0) is 50.6 Å². The molecule has 25 heavy (non-hydrogen) atoms. The van der Waals surface area contributed by atoms with Crippen LogP contribution >= 0.6 is 11.6 Å². The van der Waals surface area contributed by atoms with Gasteiger partial charge in [0.25, 0.3) is 0 Å². The fourth-order valence-corrected chi connectivity index (χ4v) is 4.73. The summed E-state index contributed by atoms with van der Waals surface area (Å²) in [6, 6.07) is 8.76. The Morgan fingerprint density at radius 2 is 1.92 bits per heavy atom. The molecule has 1 amide bonds. The van der Waals surface area contributed by atoms with Gasteiger partial charge in [-0.2, -0.15) is 0 Å². The number of fused-ring (bicyclic) bond motifs is 1. The molecule has 2 N–H and O–H groups in total. The zero-order valence-electron chi connectivity index (χ0n) is 14.7. The van der Waals surface area contributed by atoms with E-state index in [2.05, 4.69) is 39.8 Å². The van der Waals surface area contributed by atoms with Crippen LogP contribution in [0.1, 0.15) is 37.3 Å². The monoisotopic (exact) mass is 362 g/mol. The lowest BCUT2D eigenvalue weighted by atomic mass is 9.84. The molecule has 0 saturated carbocycles. The van der Waals surface area contributed by atoms with Gasteiger partial charge >= 0.3 is 0 Å². The molecule has 3 saturated heterocycles. The van der Waals surface area contributed by atoms with Crippen molar-refractivity contribution in [3.63, 3.8) is 0 Å². The molecule has 3 fully saturated rings. The number of carbonyl (C=O) groups excluding carboxylic acids is 1. The van der Waals surface area contributed by atoms with Crippen LogP contribution in [-0.2, 0) is 4.79 Å². The predicted molar refractivity (Wildman–Crippen MR) is 99.2 cm³/mol. The van der Waals surface area contributed by atoms with Crippen LogP contribution in [0.4, 0.5) is 0 Å². The summed E-state index contributed by atoms with van der Waals surface area (Å²) >= 11 is 6.03. The van der Waals surface area contributed by atoms with E-state index < -0.39 is 0 Å². The molecule has 5 nitrogen and oxygen atoms in total. The van der Waals surface area contributed by atoms with Crippen LogP contribution in [0.3, 0.4) is 0 Å². The Labute approximate surface area is 154 Å². The lowest BCUT2D eigenvalue weighted by molar-refractivity contribution is -0.139. The van der Waals surface area contributed by atoms with E-state index >= 15 is 0 Å². The van der Waals surface area contributed by atoms with Crippen LogP contribution in [-0.4, -0.2) is 54.5 Å². The highest BCUT2D eigenvalue weighted by Gasteiger charge is 2.42. The molecule has 6 heteroatoms. The van der Waals surface area contributed by atoms with Crippen molar-refractivity contribution in [2.45, 2.75) is 43.8 Å². The Morgan fingerprint density at radius 3 is 2.68 bits per heavy atom. The summed E-state index contributed by atoms with van der Waals surface area (Å²) in [5.41, 5.74) is 8.11. The molecule has 1 aromatic rings. The first-order valence-corrected chi connectivity index (χ1v) is 9.77. The quantitative estimate of drug-likeness (QED) is 0.846. The largest absolute Gasteiger partial charge is 0.341 e. The third-order valence-corrected chi connectivity index (χ3v) is 6.36. The second-order valence-corrected chi connectivity index (χ2v) is 8.09. The summed E-state index contributed by atoms with van der Waals surface area (Å²) in [7, 11) is 2.09. The van der Waals surface area contributed by atoms with Crippen LogP contribution in [0.5, 0.6) is 0 Å². The van der Waals surface area contributed by atoms with Crippen molar-refractivity contribution in [1.82, 2.24) is 20.7 Å². The number of hydrogen-bond acceptors (Lipinski definition) is 4. The van der Waals surface area contributed by atoms with Gasteiger partial charge in [-0.25, -0.2) is 5.43 Å². The van der Waals surface area contributed by atoms with Crippen LogP contribution < -0.4 is 10.9 Å². The van der Waals surface area contributed by atoms with E-state index in [1.807, 2.05) is 12.1 Å². The molecule has 0 spiro atoms. The first kappa shape index (κ1) is 17.3. The smallest absolute Gasteiger partial charge is 0.239 e. The molecule has 3 aliphatic rings. The minimum atomic E-state index is 0.0709. The normalized spacial score (nSPS) is 33.3.